The number of amides is 1. The molecule has 1 N–H and O–H groups in total. The van der Waals surface area contributed by atoms with Crippen molar-refractivity contribution in [1.82, 2.24) is 10.3 Å². The number of sulfone groups is 1. The second-order valence-corrected chi connectivity index (χ2v) is 13.0. The molecule has 0 saturated heterocycles. The van der Waals surface area contributed by atoms with Gasteiger partial charge in [0.2, 0.25) is 11.7 Å². The highest BCUT2D eigenvalue weighted by atomic mass is 32.2. The lowest BCUT2D eigenvalue weighted by Gasteiger charge is -2.29. The predicted molar refractivity (Wildman–Crippen MR) is 155 cm³/mol. The summed E-state index contributed by atoms with van der Waals surface area (Å²) in [6.45, 7) is 1.84. The Balaban J connectivity index is 1.68. The summed E-state index contributed by atoms with van der Waals surface area (Å²) in [6, 6.07) is 23.0. The zero-order valence-corrected chi connectivity index (χ0v) is 24.1. The van der Waals surface area contributed by atoms with Crippen LogP contribution in [0.4, 0.5) is 0 Å². The van der Waals surface area contributed by atoms with Crippen LogP contribution in [0.25, 0.3) is 11.1 Å². The Morgan fingerprint density at radius 1 is 0.951 bits per heavy atom. The summed E-state index contributed by atoms with van der Waals surface area (Å²) in [6.07, 6.45) is 0.731. The van der Waals surface area contributed by atoms with Crippen LogP contribution in [-0.4, -0.2) is 50.9 Å². The Morgan fingerprint density at radius 3 is 2.17 bits per heavy atom. The van der Waals surface area contributed by atoms with E-state index >= 15 is 0 Å². The van der Waals surface area contributed by atoms with Gasteiger partial charge in [0.15, 0.2) is 15.4 Å². The molecule has 0 aliphatic heterocycles. The van der Waals surface area contributed by atoms with Gasteiger partial charge in [-0.2, -0.15) is 0 Å². The van der Waals surface area contributed by atoms with E-state index in [0.29, 0.717) is 28.6 Å². The van der Waals surface area contributed by atoms with Gasteiger partial charge in [-0.15, -0.1) is 0 Å². The van der Waals surface area contributed by atoms with E-state index in [9.17, 15) is 26.8 Å². The predicted octanol–water partition coefficient (Wildman–Crippen LogP) is 4.02. The topological polar surface area (TPSA) is 146 Å². The second-order valence-electron chi connectivity index (χ2n) is 9.80. The number of Topliss-reactive ketones (excluding diaryl/α,β-unsaturated/α-hetero) is 1. The molecule has 41 heavy (non-hydrogen) atoms. The van der Waals surface area contributed by atoms with Crippen molar-refractivity contribution in [3.8, 4) is 0 Å². The van der Waals surface area contributed by atoms with Gasteiger partial charge in [-0.05, 0) is 36.1 Å². The molecule has 1 heterocycles. The first kappa shape index (κ1) is 30.3. The molecule has 216 valence electrons. The molecule has 4 unspecified atom stereocenters. The summed E-state index contributed by atoms with van der Waals surface area (Å²) < 4.78 is 56.9. The van der Waals surface area contributed by atoms with E-state index in [-0.39, 0.29) is 18.7 Å². The van der Waals surface area contributed by atoms with Crippen molar-refractivity contribution in [2.24, 2.45) is 5.92 Å². The number of nitrogens with zero attached hydrogens (tertiary/aromatic N) is 1. The van der Waals surface area contributed by atoms with Gasteiger partial charge in [0.05, 0.1) is 23.0 Å². The number of nitrogens with one attached hydrogen (secondary N) is 1. The maximum absolute atomic E-state index is 13.9. The van der Waals surface area contributed by atoms with Crippen molar-refractivity contribution in [1.29, 1.82) is 0 Å². The third-order valence-corrected chi connectivity index (χ3v) is 9.77. The zero-order chi connectivity index (χ0) is 29.4. The van der Waals surface area contributed by atoms with Crippen molar-refractivity contribution >= 4 is 43.7 Å². The summed E-state index contributed by atoms with van der Waals surface area (Å²) in [5, 5.41) is 1.16. The Morgan fingerprint density at radius 2 is 1.56 bits per heavy atom. The molecule has 0 saturated carbocycles. The molecular weight excluding hydrogens is 564 g/mol. The lowest BCUT2D eigenvalue weighted by molar-refractivity contribution is -0.125. The van der Waals surface area contributed by atoms with Gasteiger partial charge in [-0.3, -0.25) is 13.8 Å². The van der Waals surface area contributed by atoms with E-state index in [2.05, 4.69) is 10.3 Å². The van der Waals surface area contributed by atoms with Crippen molar-refractivity contribution in [3.63, 3.8) is 0 Å². The summed E-state index contributed by atoms with van der Waals surface area (Å²) in [4.78, 5) is 31.6. The maximum atomic E-state index is 13.9. The Hall–Kier alpha value is -3.67. The van der Waals surface area contributed by atoms with Crippen LogP contribution >= 0.6 is 0 Å². The first-order valence-electron chi connectivity index (χ1n) is 13.2. The first-order chi connectivity index (χ1) is 19.7. The first-order valence-corrected chi connectivity index (χ1v) is 16.2. The standard InChI is InChI=1S/C30H32N2O7S2/c1-2-11-25(28(33)30-32-24-16-9-10-17-26(24)39-30)31-29(34)23(18-21-12-5-3-6-13-21)27(19-40(35)36)41(37,38)20-22-14-7-4-8-15-22/h3-10,12-17,23,25,27H,2,11,18-20H2,1H3,(H,31,34)(H,35,36)/p-1. The number of oxazole rings is 1. The molecule has 0 aliphatic carbocycles. The van der Waals surface area contributed by atoms with Crippen LogP contribution < -0.4 is 5.32 Å². The molecule has 11 heteroatoms. The lowest BCUT2D eigenvalue weighted by atomic mass is 9.94. The van der Waals surface area contributed by atoms with E-state index in [0.717, 1.165) is 0 Å². The molecule has 1 aromatic heterocycles. The molecule has 1 amide bonds. The van der Waals surface area contributed by atoms with Gasteiger partial charge in [-0.1, -0.05) is 97.2 Å². The number of benzene rings is 3. The number of aromatic nitrogens is 1. The second kappa shape index (κ2) is 13.8. The minimum atomic E-state index is -4.14. The average molecular weight is 596 g/mol. The maximum Gasteiger partial charge on any atom is 0.266 e. The van der Waals surface area contributed by atoms with Crippen LogP contribution in [0.15, 0.2) is 89.3 Å². The monoisotopic (exact) mass is 595 g/mol. The average Bonchev–Trinajstić information content (AvgIpc) is 3.39. The van der Waals surface area contributed by atoms with E-state index in [1.54, 1.807) is 84.9 Å². The number of hydrogen-bond acceptors (Lipinski definition) is 8. The normalized spacial score (nSPS) is 14.7. The highest BCUT2D eigenvalue weighted by molar-refractivity contribution is 7.92. The summed E-state index contributed by atoms with van der Waals surface area (Å²) in [5.74, 6) is -3.94. The van der Waals surface area contributed by atoms with Gasteiger partial charge in [-0.25, -0.2) is 13.4 Å². The van der Waals surface area contributed by atoms with Gasteiger partial charge >= 0.3 is 0 Å². The third-order valence-electron chi connectivity index (χ3n) is 6.77. The fourth-order valence-corrected chi connectivity index (χ4v) is 8.00. The minimum absolute atomic E-state index is 0.0432. The highest BCUT2D eigenvalue weighted by Gasteiger charge is 2.39. The van der Waals surface area contributed by atoms with E-state index in [1.165, 1.54) is 0 Å². The molecule has 0 fully saturated rings. The summed E-state index contributed by atoms with van der Waals surface area (Å²) >= 11 is -2.76. The Kier molecular flexibility index (Phi) is 10.2. The molecule has 4 atom stereocenters. The molecule has 0 radical (unpaired) electrons. The number of hydrogen-bond donors (Lipinski definition) is 1. The zero-order valence-electron chi connectivity index (χ0n) is 22.5. The van der Waals surface area contributed by atoms with Crippen LogP contribution in [-0.2, 0) is 37.9 Å². The Labute approximate surface area is 241 Å². The SMILES string of the molecule is CCCC(NC(=O)C(Cc1ccccc1)C(CS(=O)[O-])S(=O)(=O)Cc1ccccc1)C(=O)c1nc2ccccc2o1. The highest BCUT2D eigenvalue weighted by Crippen LogP contribution is 2.25. The fourth-order valence-electron chi connectivity index (χ4n) is 4.74. The van der Waals surface area contributed by atoms with E-state index in [1.807, 2.05) is 6.92 Å². The number of carbonyl (C=O) groups excluding carboxylic acids is 2. The van der Waals surface area contributed by atoms with Crippen LogP contribution in [0.3, 0.4) is 0 Å². The van der Waals surface area contributed by atoms with Crippen molar-refractivity contribution in [2.45, 2.75) is 43.2 Å². The molecule has 0 bridgehead atoms. The van der Waals surface area contributed by atoms with Crippen LogP contribution in [0.2, 0.25) is 0 Å². The van der Waals surface area contributed by atoms with Crippen molar-refractivity contribution in [2.75, 3.05) is 5.75 Å². The largest absolute Gasteiger partial charge is 0.772 e. The van der Waals surface area contributed by atoms with Gasteiger partial charge in [0.25, 0.3) is 5.89 Å². The molecule has 9 nitrogen and oxygen atoms in total. The molecule has 0 spiro atoms. The number of fused-ring (bicyclic) bond motifs is 1. The molecule has 0 aliphatic rings. The molecule has 4 rings (SSSR count). The Bertz CT molecular complexity index is 1570. The van der Waals surface area contributed by atoms with Crippen LogP contribution in [0, 0.1) is 5.92 Å². The van der Waals surface area contributed by atoms with Crippen molar-refractivity contribution in [3.05, 3.63) is 102 Å². The van der Waals surface area contributed by atoms with Crippen LogP contribution in [0.1, 0.15) is 41.6 Å². The molecule has 4 aromatic rings. The number of rotatable bonds is 14. The molecular formula is C30H31N2O7S2-. The molecule has 3 aromatic carbocycles. The van der Waals surface area contributed by atoms with Gasteiger partial charge in [0.1, 0.15) is 5.52 Å². The number of para-hydroxylation sites is 2. The van der Waals surface area contributed by atoms with Gasteiger partial charge < -0.3 is 14.3 Å². The minimum Gasteiger partial charge on any atom is -0.772 e. The summed E-state index contributed by atoms with van der Waals surface area (Å²) in [7, 11) is -4.14. The number of ketones is 1. The van der Waals surface area contributed by atoms with Crippen LogP contribution in [0.5, 0.6) is 0 Å². The quantitative estimate of drug-likeness (QED) is 0.170. The summed E-state index contributed by atoms with van der Waals surface area (Å²) in [5.41, 5.74) is 2.04. The van der Waals surface area contributed by atoms with Crippen molar-refractivity contribution < 1.29 is 31.2 Å². The lowest BCUT2D eigenvalue weighted by Crippen LogP contribution is -2.50. The van der Waals surface area contributed by atoms with E-state index < -0.39 is 61.3 Å². The number of carbonyl (C=O) groups is 2. The smallest absolute Gasteiger partial charge is 0.266 e. The third kappa shape index (κ3) is 7.96. The fraction of sp³-hybridized carbons (Fsp3) is 0.300. The van der Waals surface area contributed by atoms with E-state index in [4.69, 9.17) is 4.42 Å². The van der Waals surface area contributed by atoms with Gasteiger partial charge in [0, 0.05) is 5.75 Å².